The van der Waals surface area contributed by atoms with Crippen LogP contribution in [0.1, 0.15) is 0 Å². The van der Waals surface area contributed by atoms with Crippen LogP contribution in [0.4, 0.5) is 5.69 Å². The number of carboxylic acids is 1. The maximum Gasteiger partial charge on any atom is 0.400 e. The number of carboxylic acid groups (broad SMARTS) is 1. The lowest BCUT2D eigenvalue weighted by Crippen LogP contribution is -2.40. The van der Waals surface area contributed by atoms with Crippen LogP contribution in [-0.4, -0.2) is 22.0 Å². The average Bonchev–Trinajstić information content (AvgIpc) is 2.18. The van der Waals surface area contributed by atoms with E-state index in [0.717, 1.165) is 0 Å². The van der Waals surface area contributed by atoms with Gasteiger partial charge in [-0.05, 0) is 17.1 Å². The van der Waals surface area contributed by atoms with Gasteiger partial charge >= 0.3 is 11.9 Å². The van der Waals surface area contributed by atoms with E-state index in [-0.39, 0.29) is 10.7 Å². The Bertz CT molecular complexity index is 403. The van der Waals surface area contributed by atoms with E-state index in [1.165, 1.54) is 24.3 Å². The third-order valence-electron chi connectivity index (χ3n) is 1.54. The minimum atomic E-state index is -1.88. The summed E-state index contributed by atoms with van der Waals surface area (Å²) >= 11 is 0. The highest BCUT2D eigenvalue weighted by molar-refractivity contribution is 6.36. The molecule has 0 atom stereocenters. The Hall–Kier alpha value is -2.44. The van der Waals surface area contributed by atoms with Gasteiger partial charge in [0.15, 0.2) is 5.03 Å². The van der Waals surface area contributed by atoms with Gasteiger partial charge in [0.25, 0.3) is 0 Å². The van der Waals surface area contributed by atoms with Gasteiger partial charge < -0.3 is 5.11 Å². The largest absolute Gasteiger partial charge is 0.474 e. The predicted molar refractivity (Wildman–Crippen MR) is 48.6 cm³/mol. The molecule has 0 aliphatic heterocycles. The topological polar surface area (TPSA) is 101 Å². The lowest BCUT2D eigenvalue weighted by Gasteiger charge is -2.08. The van der Waals surface area contributed by atoms with Crippen LogP contribution >= 0.6 is 0 Å². The van der Waals surface area contributed by atoms with Gasteiger partial charge in [0, 0.05) is 0 Å². The molecule has 0 aliphatic carbocycles. The quantitative estimate of drug-likeness (QED) is 0.429. The molecule has 1 amide bonds. The fraction of sp³-hybridized carbons (Fsp3) is 0. The number of aliphatic carboxylic acids is 1. The van der Waals surface area contributed by atoms with E-state index in [1.807, 2.05) is 0 Å². The maximum atomic E-state index is 11.0. The van der Waals surface area contributed by atoms with Crippen molar-refractivity contribution < 1.29 is 19.7 Å². The van der Waals surface area contributed by atoms with Crippen LogP contribution < -0.4 is 5.01 Å². The van der Waals surface area contributed by atoms with Crippen molar-refractivity contribution in [1.29, 1.82) is 0 Å². The van der Waals surface area contributed by atoms with E-state index >= 15 is 0 Å². The van der Waals surface area contributed by atoms with Gasteiger partial charge in [-0.1, -0.05) is 18.2 Å². The SMILES string of the molecule is O=C(O)C(=O)N(c1ccccc1)[N+](=O)[O-]. The number of anilines is 1. The second-order valence-electron chi connectivity index (χ2n) is 2.50. The number of hydrogen-bond acceptors (Lipinski definition) is 4. The van der Waals surface area contributed by atoms with Gasteiger partial charge in [0.05, 0.1) is 0 Å². The van der Waals surface area contributed by atoms with Gasteiger partial charge in [-0.2, -0.15) is 0 Å². The van der Waals surface area contributed by atoms with E-state index in [9.17, 15) is 19.7 Å². The fourth-order valence-electron chi connectivity index (χ4n) is 0.945. The molecule has 0 unspecified atom stereocenters. The van der Waals surface area contributed by atoms with Crippen molar-refractivity contribution >= 4 is 17.6 Å². The zero-order chi connectivity index (χ0) is 11.4. The second kappa shape index (κ2) is 4.18. The van der Waals surface area contributed by atoms with Gasteiger partial charge in [-0.25, -0.2) is 14.9 Å². The van der Waals surface area contributed by atoms with Crippen molar-refractivity contribution in [2.75, 3.05) is 5.01 Å². The van der Waals surface area contributed by atoms with Crippen molar-refractivity contribution in [1.82, 2.24) is 0 Å². The molecule has 0 aromatic heterocycles. The predicted octanol–water partition coefficient (Wildman–Crippen LogP) is 0.296. The van der Waals surface area contributed by atoms with E-state index in [1.54, 1.807) is 6.07 Å². The van der Waals surface area contributed by atoms with Crippen LogP contribution in [-0.2, 0) is 9.59 Å². The molecule has 0 heterocycles. The first-order valence-electron chi connectivity index (χ1n) is 3.80. The van der Waals surface area contributed by atoms with Crippen molar-refractivity contribution in [2.45, 2.75) is 0 Å². The molecule has 78 valence electrons. The minimum absolute atomic E-state index is 0.0255. The first-order valence-corrected chi connectivity index (χ1v) is 3.80. The molecule has 1 N–H and O–H groups in total. The summed E-state index contributed by atoms with van der Waals surface area (Å²) in [5.41, 5.74) is -0.102. The van der Waals surface area contributed by atoms with Crippen LogP contribution in [0, 0.1) is 10.1 Å². The molecular weight excluding hydrogens is 204 g/mol. The zero-order valence-corrected chi connectivity index (χ0v) is 7.36. The molecule has 0 saturated heterocycles. The van der Waals surface area contributed by atoms with E-state index in [4.69, 9.17) is 5.11 Å². The summed E-state index contributed by atoms with van der Waals surface area (Å²) in [5, 5.41) is 17.8. The van der Waals surface area contributed by atoms with Crippen LogP contribution in [0.2, 0.25) is 0 Å². The van der Waals surface area contributed by atoms with Gasteiger partial charge in [-0.3, -0.25) is 4.79 Å². The van der Waals surface area contributed by atoms with Crippen molar-refractivity contribution in [2.24, 2.45) is 0 Å². The minimum Gasteiger partial charge on any atom is -0.474 e. The third kappa shape index (κ3) is 2.27. The number of para-hydroxylation sites is 1. The van der Waals surface area contributed by atoms with E-state index < -0.39 is 16.9 Å². The molecule has 0 spiro atoms. The highest BCUT2D eigenvalue weighted by Crippen LogP contribution is 2.13. The number of hydrazine groups is 1. The Labute approximate surface area is 83.7 Å². The monoisotopic (exact) mass is 210 g/mol. The number of nitro groups is 1. The third-order valence-corrected chi connectivity index (χ3v) is 1.54. The summed E-state index contributed by atoms with van der Waals surface area (Å²) in [6, 6.07) is 7.04. The molecule has 0 aliphatic rings. The van der Waals surface area contributed by atoms with Gasteiger partial charge in [0.2, 0.25) is 0 Å². The highest BCUT2D eigenvalue weighted by Gasteiger charge is 2.32. The molecule has 1 aromatic carbocycles. The standard InChI is InChI=1S/C8H6N2O5/c11-7(8(12)13)9(10(14)15)6-4-2-1-3-5-6/h1-5H,(H,12,13). The lowest BCUT2D eigenvalue weighted by molar-refractivity contribution is -0.483. The molecule has 0 fully saturated rings. The summed E-state index contributed by atoms with van der Waals surface area (Å²) in [4.78, 5) is 31.8. The zero-order valence-electron chi connectivity index (χ0n) is 7.36. The smallest absolute Gasteiger partial charge is 0.400 e. The van der Waals surface area contributed by atoms with E-state index in [2.05, 4.69) is 0 Å². The van der Waals surface area contributed by atoms with Crippen molar-refractivity contribution in [3.05, 3.63) is 40.4 Å². The van der Waals surface area contributed by atoms with Crippen LogP contribution in [0.5, 0.6) is 0 Å². The summed E-state index contributed by atoms with van der Waals surface area (Å²) in [7, 11) is 0. The van der Waals surface area contributed by atoms with Crippen molar-refractivity contribution in [3.8, 4) is 0 Å². The number of rotatable bonds is 2. The van der Waals surface area contributed by atoms with Gasteiger partial charge in [-0.15, -0.1) is 0 Å². The Morgan fingerprint density at radius 3 is 2.20 bits per heavy atom. The second-order valence-corrected chi connectivity index (χ2v) is 2.50. The number of nitrogens with zero attached hydrogens (tertiary/aromatic N) is 2. The summed E-state index contributed by atoms with van der Waals surface area (Å²) in [5.74, 6) is -3.48. The average molecular weight is 210 g/mol. The molecule has 0 saturated carbocycles. The molecule has 7 heteroatoms. The fourth-order valence-corrected chi connectivity index (χ4v) is 0.945. The Morgan fingerprint density at radius 1 is 1.27 bits per heavy atom. The lowest BCUT2D eigenvalue weighted by atomic mass is 10.3. The van der Waals surface area contributed by atoms with Crippen LogP contribution in [0.15, 0.2) is 30.3 Å². The number of carbonyl (C=O) groups is 2. The van der Waals surface area contributed by atoms with Crippen LogP contribution in [0.3, 0.4) is 0 Å². The highest BCUT2D eigenvalue weighted by atomic mass is 16.7. The van der Waals surface area contributed by atoms with Crippen LogP contribution in [0.25, 0.3) is 0 Å². The first kappa shape index (κ1) is 10.6. The Balaban J connectivity index is 3.10. The normalized spacial score (nSPS) is 9.33. The maximum absolute atomic E-state index is 11.0. The molecule has 0 radical (unpaired) electrons. The number of amides is 1. The van der Waals surface area contributed by atoms with Crippen molar-refractivity contribution in [3.63, 3.8) is 0 Å². The molecular formula is C8H6N2O5. The Kier molecular flexibility index (Phi) is 2.97. The molecule has 7 nitrogen and oxygen atoms in total. The molecule has 15 heavy (non-hydrogen) atoms. The summed E-state index contributed by atoms with van der Waals surface area (Å²) < 4.78 is 0. The molecule has 1 aromatic rings. The van der Waals surface area contributed by atoms with Gasteiger partial charge in [0.1, 0.15) is 5.69 Å². The first-order chi connectivity index (χ1) is 7.04. The number of carbonyl (C=O) groups excluding carboxylic acids is 1. The molecule has 0 bridgehead atoms. The number of hydrogen-bond donors (Lipinski definition) is 1. The van der Waals surface area contributed by atoms with E-state index in [0.29, 0.717) is 0 Å². The number of benzene rings is 1. The molecule has 1 rings (SSSR count). The Morgan fingerprint density at radius 2 is 1.80 bits per heavy atom. The summed E-state index contributed by atoms with van der Waals surface area (Å²) in [6.45, 7) is 0. The summed E-state index contributed by atoms with van der Waals surface area (Å²) in [6.07, 6.45) is 0.